The van der Waals surface area contributed by atoms with Gasteiger partial charge in [0.15, 0.2) is 12.3 Å². The number of ether oxygens (including phenoxy) is 7. The molecule has 0 saturated carbocycles. The molecule has 1 saturated heterocycles. The average molecular weight is 1120 g/mol. The molecule has 0 radical (unpaired) electrons. The van der Waals surface area contributed by atoms with Crippen molar-refractivity contribution in [3.63, 3.8) is 0 Å². The van der Waals surface area contributed by atoms with E-state index in [1.54, 1.807) is 31.4 Å². The van der Waals surface area contributed by atoms with Gasteiger partial charge < -0.3 is 42.9 Å². The first-order valence-electron chi connectivity index (χ1n) is 24.2. The number of benzene rings is 2. The molecule has 23 nitrogen and oxygen atoms in total. The fourth-order valence-electron chi connectivity index (χ4n) is 8.94. The van der Waals surface area contributed by atoms with E-state index in [0.29, 0.717) is 85.8 Å². The summed E-state index contributed by atoms with van der Waals surface area (Å²) in [5.41, 5.74) is 2.20. The van der Waals surface area contributed by atoms with Crippen molar-refractivity contribution >= 4 is 65.2 Å². The van der Waals surface area contributed by atoms with E-state index in [2.05, 4.69) is 0 Å². The number of amides is 2. The minimum atomic E-state index is -4.59. The summed E-state index contributed by atoms with van der Waals surface area (Å²) in [5, 5.41) is 0.492. The molecule has 2 unspecified atom stereocenters. The molecular formula is C49H68N3O20S3+. The number of hydroxylamine groups is 2. The number of carbonyl (C=O) groups is 3. The van der Waals surface area contributed by atoms with Crippen LogP contribution in [0.5, 0.6) is 0 Å². The number of anilines is 1. The Morgan fingerprint density at radius 3 is 1.77 bits per heavy atom. The van der Waals surface area contributed by atoms with E-state index in [0.717, 1.165) is 5.70 Å². The molecule has 26 heteroatoms. The van der Waals surface area contributed by atoms with Crippen molar-refractivity contribution < 1.29 is 95.9 Å². The molecule has 1 fully saturated rings. The second-order valence-electron chi connectivity index (χ2n) is 17.9. The summed E-state index contributed by atoms with van der Waals surface area (Å²) in [6.45, 7) is 7.59. The second kappa shape index (κ2) is 28.0. The van der Waals surface area contributed by atoms with Crippen LogP contribution in [-0.2, 0) is 93.6 Å². The van der Waals surface area contributed by atoms with Crippen molar-refractivity contribution in [2.75, 3.05) is 117 Å². The minimum absolute atomic E-state index is 0.0183. The van der Waals surface area contributed by atoms with Gasteiger partial charge in [0.25, 0.3) is 42.2 Å². The van der Waals surface area contributed by atoms with Gasteiger partial charge in [0.1, 0.15) is 6.61 Å². The molecule has 0 aromatic heterocycles. The number of nitrogens with zero attached hydrogens (tertiary/aromatic N) is 3. The SMILES string of the molecule is COCC[N+]1=C(/C=C/C=C/C=C2/N(CCOCCOCCOCCOCCOCCC(=O)ON3C(=O)CCC3=O)c3ccc(S(=O)(=O)O)cc3C2(C)CCOC)C(C)(CCCS(=O)(=O)O)c2cc(S(=O)(=O)O)ccc21. The molecule has 2 aromatic rings. The zero-order valence-corrected chi connectivity index (χ0v) is 45.0. The van der Waals surface area contributed by atoms with Gasteiger partial charge in [-0.25, -0.2) is 4.79 Å². The van der Waals surface area contributed by atoms with E-state index in [1.807, 2.05) is 41.6 Å². The maximum Gasteiger partial charge on any atom is 0.335 e. The summed E-state index contributed by atoms with van der Waals surface area (Å²) in [6.07, 6.45) is 9.64. The van der Waals surface area contributed by atoms with Crippen LogP contribution in [-0.4, -0.2) is 184 Å². The third-order valence-corrected chi connectivity index (χ3v) is 15.2. The standard InChI is InChI=1S/C49H67N3O20S3/c1-48(18-8-34-73(56,57)58)39-35-37(74(59,60)61)11-13-41(39)50(20-24-66-4)43(48)9-6-5-7-10-44-49(2,19-23-65-3)40-36-38(75(62,63)64)12-14-42(40)51(44)21-25-68-27-29-70-31-33-71-32-30-69-28-26-67-22-17-47(55)72-52-45(53)15-16-46(52)54/h5-7,9-14,35-36H,8,15-34H2,1-4H3,(H2-,56,57,58,59,60,61,62,63,64)/p+1. The number of hydrogen-bond donors (Lipinski definition) is 3. The molecule has 3 N–H and O–H groups in total. The zero-order chi connectivity index (χ0) is 54.9. The lowest BCUT2D eigenvalue weighted by Crippen LogP contribution is -2.32. The highest BCUT2D eigenvalue weighted by Crippen LogP contribution is 2.51. The van der Waals surface area contributed by atoms with Crippen LogP contribution in [0.15, 0.2) is 82.3 Å². The number of fused-ring (bicyclic) bond motifs is 2. The lowest BCUT2D eigenvalue weighted by molar-refractivity contribution is -0.441. The van der Waals surface area contributed by atoms with Gasteiger partial charge in [-0.3, -0.25) is 23.2 Å². The zero-order valence-electron chi connectivity index (χ0n) is 42.5. The maximum atomic E-state index is 12.4. The molecule has 0 spiro atoms. The quantitative estimate of drug-likeness (QED) is 0.0296. The van der Waals surface area contributed by atoms with E-state index in [1.165, 1.54) is 31.4 Å². The molecule has 3 aliphatic rings. The van der Waals surface area contributed by atoms with Crippen LogP contribution in [0.2, 0.25) is 0 Å². The van der Waals surface area contributed by atoms with Gasteiger partial charge in [-0.15, -0.1) is 5.06 Å². The normalized spacial score (nSPS) is 19.7. The highest BCUT2D eigenvalue weighted by atomic mass is 32.2. The number of methoxy groups -OCH3 is 2. The smallest absolute Gasteiger partial charge is 0.335 e. The molecule has 5 rings (SSSR count). The molecule has 3 aliphatic heterocycles. The van der Waals surface area contributed by atoms with Crippen molar-refractivity contribution in [2.24, 2.45) is 0 Å². The van der Waals surface area contributed by atoms with E-state index in [9.17, 15) is 53.3 Å². The van der Waals surface area contributed by atoms with Crippen molar-refractivity contribution in [3.8, 4) is 0 Å². The van der Waals surface area contributed by atoms with Crippen LogP contribution in [0, 0.1) is 0 Å². The Morgan fingerprint density at radius 2 is 1.21 bits per heavy atom. The third-order valence-electron chi connectivity index (χ3n) is 12.7. The Labute approximate surface area is 438 Å². The Kier molecular flexibility index (Phi) is 22.8. The Morgan fingerprint density at radius 1 is 0.667 bits per heavy atom. The average Bonchev–Trinajstić information content (AvgIpc) is 3.88. The Hall–Kier alpha value is -4.81. The highest BCUT2D eigenvalue weighted by Gasteiger charge is 2.48. The minimum Gasteiger partial charge on any atom is -0.385 e. The van der Waals surface area contributed by atoms with E-state index < -0.39 is 64.7 Å². The number of imide groups is 1. The van der Waals surface area contributed by atoms with Gasteiger partial charge in [-0.2, -0.15) is 29.8 Å². The van der Waals surface area contributed by atoms with Gasteiger partial charge in [-0.1, -0.05) is 18.2 Å². The Bertz CT molecular complexity index is 2780. The lowest BCUT2D eigenvalue weighted by Gasteiger charge is -2.30. The molecule has 416 valence electrons. The third kappa shape index (κ3) is 17.1. The second-order valence-corrected chi connectivity index (χ2v) is 22.4. The lowest BCUT2D eigenvalue weighted by atomic mass is 9.76. The summed E-state index contributed by atoms with van der Waals surface area (Å²) < 4.78 is 143. The van der Waals surface area contributed by atoms with Crippen molar-refractivity contribution in [3.05, 3.63) is 83.6 Å². The number of allylic oxidation sites excluding steroid dienone is 6. The summed E-state index contributed by atoms with van der Waals surface area (Å²) in [4.78, 5) is 41.1. The van der Waals surface area contributed by atoms with Crippen molar-refractivity contribution in [1.82, 2.24) is 5.06 Å². The number of hydrogen-bond acceptors (Lipinski definition) is 18. The van der Waals surface area contributed by atoms with Crippen LogP contribution in [0.3, 0.4) is 0 Å². The highest BCUT2D eigenvalue weighted by molar-refractivity contribution is 7.86. The van der Waals surface area contributed by atoms with Gasteiger partial charge in [-0.05, 0) is 75.1 Å². The van der Waals surface area contributed by atoms with Crippen molar-refractivity contribution in [2.45, 2.75) is 73.0 Å². The largest absolute Gasteiger partial charge is 0.385 e. The summed E-state index contributed by atoms with van der Waals surface area (Å²) in [7, 11) is -10.4. The van der Waals surface area contributed by atoms with Gasteiger partial charge >= 0.3 is 5.97 Å². The van der Waals surface area contributed by atoms with Crippen LogP contribution in [0.25, 0.3) is 0 Å². The van der Waals surface area contributed by atoms with Crippen LogP contribution in [0.4, 0.5) is 11.4 Å². The predicted molar refractivity (Wildman–Crippen MR) is 271 cm³/mol. The molecule has 2 amide bonds. The molecule has 0 aliphatic carbocycles. The molecule has 2 atom stereocenters. The first-order valence-corrected chi connectivity index (χ1v) is 28.6. The van der Waals surface area contributed by atoms with E-state index >= 15 is 0 Å². The van der Waals surface area contributed by atoms with Gasteiger partial charge in [0.2, 0.25) is 5.69 Å². The first kappa shape index (κ1) is 61.0. The van der Waals surface area contributed by atoms with Crippen LogP contribution in [0.1, 0.15) is 63.5 Å². The van der Waals surface area contributed by atoms with Gasteiger partial charge in [0.05, 0.1) is 93.4 Å². The fraction of sp³-hybridized carbons (Fsp3) is 0.551. The van der Waals surface area contributed by atoms with Gasteiger partial charge in [0, 0.05) is 74.7 Å². The molecular weight excluding hydrogens is 1050 g/mol. The fourth-order valence-corrected chi connectivity index (χ4v) is 10.5. The van der Waals surface area contributed by atoms with E-state index in [4.69, 9.17) is 38.0 Å². The topological polar surface area (TPSA) is 298 Å². The summed E-state index contributed by atoms with van der Waals surface area (Å²) >= 11 is 0. The predicted octanol–water partition coefficient (Wildman–Crippen LogP) is 3.74. The number of rotatable bonds is 34. The monoisotopic (exact) mass is 1110 g/mol. The maximum absolute atomic E-state index is 12.4. The van der Waals surface area contributed by atoms with Crippen molar-refractivity contribution in [1.29, 1.82) is 0 Å². The summed E-state index contributed by atoms with van der Waals surface area (Å²) in [6, 6.07) is 8.69. The molecule has 2 aromatic carbocycles. The summed E-state index contributed by atoms with van der Waals surface area (Å²) in [5.74, 6) is -2.37. The Balaban J connectivity index is 1.19. The van der Waals surface area contributed by atoms with E-state index in [-0.39, 0.29) is 88.1 Å². The number of carbonyl (C=O) groups excluding carboxylic acids is 3. The van der Waals surface area contributed by atoms with Crippen LogP contribution >= 0.6 is 0 Å². The molecule has 0 bridgehead atoms. The first-order chi connectivity index (χ1) is 35.5. The van der Waals surface area contributed by atoms with Crippen LogP contribution < -0.4 is 4.90 Å². The molecule has 75 heavy (non-hydrogen) atoms. The molecule has 3 heterocycles.